The smallest absolute Gasteiger partial charge is 0.348 e. The Morgan fingerprint density at radius 1 is 1.21 bits per heavy atom. The average molecular weight is 336 g/mol. The Balaban J connectivity index is 2.14. The van der Waals surface area contributed by atoms with Crippen molar-refractivity contribution in [1.29, 1.82) is 5.26 Å². The van der Waals surface area contributed by atoms with Crippen LogP contribution in [0, 0.1) is 11.3 Å². The Morgan fingerprint density at radius 2 is 1.96 bits per heavy atom. The van der Waals surface area contributed by atoms with E-state index in [4.69, 9.17) is 4.74 Å². The van der Waals surface area contributed by atoms with E-state index in [1.54, 1.807) is 18.2 Å². The number of rotatable bonds is 4. The molecule has 0 aliphatic carbocycles. The van der Waals surface area contributed by atoms with Gasteiger partial charge in [-0.15, -0.1) is 11.3 Å². The Morgan fingerprint density at radius 3 is 2.58 bits per heavy atom. The summed E-state index contributed by atoms with van der Waals surface area (Å²) in [7, 11) is 1.50. The summed E-state index contributed by atoms with van der Waals surface area (Å²) in [6, 6.07) is 16.3. The molecule has 5 nitrogen and oxygen atoms in total. The van der Waals surface area contributed by atoms with Crippen LogP contribution in [0.2, 0.25) is 0 Å². The number of nitrogens with zero attached hydrogens (tertiary/aromatic N) is 2. The highest BCUT2D eigenvalue weighted by molar-refractivity contribution is 7.17. The van der Waals surface area contributed by atoms with Crippen LogP contribution < -0.4 is 4.74 Å². The SMILES string of the molecule is COc1ccc(-c2nc(-c3ccccc3)c(C(=O)O)s2)cc1C#N. The van der Waals surface area contributed by atoms with Gasteiger partial charge in [-0.1, -0.05) is 30.3 Å². The van der Waals surface area contributed by atoms with Gasteiger partial charge in [0, 0.05) is 11.1 Å². The van der Waals surface area contributed by atoms with Gasteiger partial charge in [0.1, 0.15) is 21.7 Å². The number of ether oxygens (including phenoxy) is 1. The summed E-state index contributed by atoms with van der Waals surface area (Å²) in [5, 5.41) is 19.2. The van der Waals surface area contributed by atoms with Gasteiger partial charge in [0.25, 0.3) is 0 Å². The summed E-state index contributed by atoms with van der Waals surface area (Å²) in [6.45, 7) is 0. The van der Waals surface area contributed by atoms with E-state index in [-0.39, 0.29) is 4.88 Å². The molecule has 1 heterocycles. The molecule has 2 aromatic carbocycles. The molecule has 118 valence electrons. The fraction of sp³-hybridized carbons (Fsp3) is 0.0556. The fourth-order valence-corrected chi connectivity index (χ4v) is 3.23. The van der Waals surface area contributed by atoms with Crippen LogP contribution in [0.4, 0.5) is 0 Å². The molecule has 0 spiro atoms. The molecular weight excluding hydrogens is 324 g/mol. The first-order valence-corrected chi connectivity index (χ1v) is 7.83. The van der Waals surface area contributed by atoms with Gasteiger partial charge in [-0.3, -0.25) is 0 Å². The lowest BCUT2D eigenvalue weighted by molar-refractivity contribution is 0.0702. The van der Waals surface area contributed by atoms with Gasteiger partial charge >= 0.3 is 5.97 Å². The molecule has 0 bridgehead atoms. The lowest BCUT2D eigenvalue weighted by Crippen LogP contribution is -1.95. The van der Waals surface area contributed by atoms with E-state index < -0.39 is 5.97 Å². The van der Waals surface area contributed by atoms with E-state index in [0.717, 1.165) is 16.9 Å². The zero-order valence-corrected chi connectivity index (χ0v) is 13.5. The topological polar surface area (TPSA) is 83.2 Å². The first-order valence-electron chi connectivity index (χ1n) is 7.02. The van der Waals surface area contributed by atoms with Gasteiger partial charge in [-0.25, -0.2) is 9.78 Å². The van der Waals surface area contributed by atoms with Gasteiger partial charge < -0.3 is 9.84 Å². The molecule has 24 heavy (non-hydrogen) atoms. The molecule has 3 rings (SSSR count). The van der Waals surface area contributed by atoms with Crippen molar-refractivity contribution >= 4 is 17.3 Å². The highest BCUT2D eigenvalue weighted by atomic mass is 32.1. The molecule has 0 aliphatic heterocycles. The largest absolute Gasteiger partial charge is 0.495 e. The number of methoxy groups -OCH3 is 1. The van der Waals surface area contributed by atoms with E-state index in [9.17, 15) is 15.2 Å². The number of aromatic carboxylic acids is 1. The molecule has 0 saturated carbocycles. The number of aromatic nitrogens is 1. The van der Waals surface area contributed by atoms with Crippen LogP contribution in [0.5, 0.6) is 5.75 Å². The minimum Gasteiger partial charge on any atom is -0.495 e. The van der Waals surface area contributed by atoms with Crippen molar-refractivity contribution in [3.8, 4) is 33.6 Å². The number of nitriles is 1. The van der Waals surface area contributed by atoms with E-state index in [1.807, 2.05) is 30.3 Å². The highest BCUT2D eigenvalue weighted by Gasteiger charge is 2.20. The summed E-state index contributed by atoms with van der Waals surface area (Å²) in [6.07, 6.45) is 0. The zero-order chi connectivity index (χ0) is 17.1. The molecule has 3 aromatic rings. The third kappa shape index (κ3) is 2.85. The Kier molecular flexibility index (Phi) is 4.27. The van der Waals surface area contributed by atoms with E-state index in [2.05, 4.69) is 11.1 Å². The lowest BCUT2D eigenvalue weighted by Gasteiger charge is -2.03. The Bertz CT molecular complexity index is 943. The number of carboxylic acid groups (broad SMARTS) is 1. The van der Waals surface area contributed by atoms with Crippen LogP contribution in [-0.4, -0.2) is 23.2 Å². The summed E-state index contributed by atoms with van der Waals surface area (Å²) < 4.78 is 5.13. The van der Waals surface area contributed by atoms with Crippen LogP contribution in [0.3, 0.4) is 0 Å². The maximum atomic E-state index is 11.6. The predicted octanol–water partition coefficient (Wildman–Crippen LogP) is 4.06. The Labute approximate surface area is 142 Å². The number of carboxylic acids is 1. The first-order chi connectivity index (χ1) is 11.6. The number of benzene rings is 2. The van der Waals surface area contributed by atoms with Crippen LogP contribution >= 0.6 is 11.3 Å². The zero-order valence-electron chi connectivity index (χ0n) is 12.7. The van der Waals surface area contributed by atoms with Gasteiger partial charge in [-0.05, 0) is 18.2 Å². The number of hydrogen-bond donors (Lipinski definition) is 1. The van der Waals surface area contributed by atoms with Crippen molar-refractivity contribution in [3.05, 3.63) is 59.0 Å². The average Bonchev–Trinajstić information content (AvgIpc) is 3.07. The van der Waals surface area contributed by atoms with Crippen molar-refractivity contribution in [1.82, 2.24) is 4.98 Å². The quantitative estimate of drug-likeness (QED) is 0.777. The fourth-order valence-electron chi connectivity index (χ4n) is 2.31. The lowest BCUT2D eigenvalue weighted by atomic mass is 10.1. The monoisotopic (exact) mass is 336 g/mol. The second-order valence-corrected chi connectivity index (χ2v) is 5.89. The van der Waals surface area contributed by atoms with Crippen LogP contribution in [0.25, 0.3) is 21.8 Å². The molecule has 1 aromatic heterocycles. The standard InChI is InChI=1S/C18H12N2O3S/c1-23-14-8-7-12(9-13(14)10-19)17-20-15(16(24-17)18(21)22)11-5-3-2-4-6-11/h2-9H,1H3,(H,21,22). The van der Waals surface area contributed by atoms with Crippen molar-refractivity contribution in [2.45, 2.75) is 0 Å². The summed E-state index contributed by atoms with van der Waals surface area (Å²) in [5.41, 5.74) is 2.23. The van der Waals surface area contributed by atoms with Gasteiger partial charge in [0.05, 0.1) is 18.4 Å². The molecule has 0 unspecified atom stereocenters. The minimum atomic E-state index is -1.02. The number of carbonyl (C=O) groups is 1. The normalized spacial score (nSPS) is 10.2. The molecule has 0 atom stereocenters. The summed E-state index contributed by atoms with van der Waals surface area (Å²) in [4.78, 5) is 16.2. The summed E-state index contributed by atoms with van der Waals surface area (Å²) >= 11 is 1.09. The summed E-state index contributed by atoms with van der Waals surface area (Å²) in [5.74, 6) is -0.550. The van der Waals surface area contributed by atoms with Crippen LogP contribution in [-0.2, 0) is 0 Å². The maximum absolute atomic E-state index is 11.6. The Hall–Kier alpha value is -3.17. The van der Waals surface area contributed by atoms with Crippen LogP contribution in [0.15, 0.2) is 48.5 Å². The number of hydrogen-bond acceptors (Lipinski definition) is 5. The second kappa shape index (κ2) is 6.52. The van der Waals surface area contributed by atoms with Gasteiger partial charge in [0.15, 0.2) is 0 Å². The minimum absolute atomic E-state index is 0.172. The molecule has 0 aliphatic rings. The van der Waals surface area contributed by atoms with E-state index in [0.29, 0.717) is 27.6 Å². The third-order valence-corrected chi connectivity index (χ3v) is 4.53. The van der Waals surface area contributed by atoms with E-state index in [1.165, 1.54) is 7.11 Å². The van der Waals surface area contributed by atoms with Crippen molar-refractivity contribution in [2.75, 3.05) is 7.11 Å². The number of thiazole rings is 1. The van der Waals surface area contributed by atoms with Crippen molar-refractivity contribution in [3.63, 3.8) is 0 Å². The second-order valence-electron chi connectivity index (χ2n) is 4.89. The third-order valence-electron chi connectivity index (χ3n) is 3.44. The van der Waals surface area contributed by atoms with Gasteiger partial charge in [0.2, 0.25) is 0 Å². The molecule has 0 saturated heterocycles. The molecule has 0 amide bonds. The van der Waals surface area contributed by atoms with E-state index >= 15 is 0 Å². The predicted molar refractivity (Wildman–Crippen MR) is 91.2 cm³/mol. The van der Waals surface area contributed by atoms with Crippen LogP contribution in [0.1, 0.15) is 15.2 Å². The molecular formula is C18H12N2O3S. The van der Waals surface area contributed by atoms with Crippen molar-refractivity contribution in [2.24, 2.45) is 0 Å². The first kappa shape index (κ1) is 15.7. The highest BCUT2D eigenvalue weighted by Crippen LogP contribution is 2.35. The van der Waals surface area contributed by atoms with Gasteiger partial charge in [-0.2, -0.15) is 5.26 Å². The molecule has 0 radical (unpaired) electrons. The maximum Gasteiger partial charge on any atom is 0.348 e. The molecule has 6 heteroatoms. The molecule has 0 fully saturated rings. The molecule has 1 N–H and O–H groups in total. The van der Waals surface area contributed by atoms with Crippen molar-refractivity contribution < 1.29 is 14.6 Å².